The molecule has 0 spiro atoms. The van der Waals surface area contributed by atoms with Gasteiger partial charge in [-0.05, 0) is 39.0 Å². The van der Waals surface area contributed by atoms with Crippen molar-refractivity contribution in [2.75, 3.05) is 6.61 Å². The molecule has 1 N–H and O–H groups in total. The van der Waals surface area contributed by atoms with E-state index in [1.54, 1.807) is 10.9 Å². The smallest absolute Gasteiger partial charge is 0.0823 e. The fourth-order valence-electron chi connectivity index (χ4n) is 2.41. The summed E-state index contributed by atoms with van der Waals surface area (Å²) in [6.45, 7) is 2.90. The standard InChI is InChI=1S/C13H22N2O2/c1-10-12(9-14-15(10)2)13(16)7-3-5-11-6-4-8-17-11/h9,11,13,16H,3-8H2,1-2H3. The fraction of sp³-hybridized carbons (Fsp3) is 0.769. The average molecular weight is 238 g/mol. The Labute approximate surface area is 103 Å². The van der Waals surface area contributed by atoms with Crippen molar-refractivity contribution in [1.29, 1.82) is 0 Å². The van der Waals surface area contributed by atoms with Crippen molar-refractivity contribution in [1.82, 2.24) is 9.78 Å². The minimum atomic E-state index is -0.384. The van der Waals surface area contributed by atoms with Crippen molar-refractivity contribution in [2.45, 2.75) is 51.2 Å². The van der Waals surface area contributed by atoms with Gasteiger partial charge in [-0.2, -0.15) is 5.10 Å². The maximum Gasteiger partial charge on any atom is 0.0823 e. The summed E-state index contributed by atoms with van der Waals surface area (Å²) in [5, 5.41) is 14.2. The van der Waals surface area contributed by atoms with Crippen LogP contribution in [0.15, 0.2) is 6.20 Å². The molecule has 96 valence electrons. The highest BCUT2D eigenvalue weighted by Crippen LogP contribution is 2.24. The zero-order chi connectivity index (χ0) is 12.3. The molecule has 2 rings (SSSR count). The Morgan fingerprint density at radius 2 is 2.47 bits per heavy atom. The molecule has 2 atom stereocenters. The van der Waals surface area contributed by atoms with Gasteiger partial charge in [-0.3, -0.25) is 4.68 Å². The van der Waals surface area contributed by atoms with E-state index >= 15 is 0 Å². The second kappa shape index (κ2) is 5.65. The topological polar surface area (TPSA) is 47.3 Å². The zero-order valence-corrected chi connectivity index (χ0v) is 10.7. The average Bonchev–Trinajstić information content (AvgIpc) is 2.91. The molecule has 0 amide bonds. The lowest BCUT2D eigenvalue weighted by Crippen LogP contribution is -2.06. The molecule has 0 saturated carbocycles. The van der Waals surface area contributed by atoms with E-state index in [1.807, 2.05) is 14.0 Å². The molecule has 1 aliphatic heterocycles. The van der Waals surface area contributed by atoms with Crippen molar-refractivity contribution in [2.24, 2.45) is 7.05 Å². The Bertz CT molecular complexity index is 356. The second-order valence-electron chi connectivity index (χ2n) is 4.89. The van der Waals surface area contributed by atoms with Crippen LogP contribution >= 0.6 is 0 Å². The van der Waals surface area contributed by atoms with E-state index in [9.17, 15) is 5.11 Å². The van der Waals surface area contributed by atoms with Crippen LogP contribution in [0.3, 0.4) is 0 Å². The van der Waals surface area contributed by atoms with Crippen LogP contribution in [-0.4, -0.2) is 27.6 Å². The third-order valence-corrected chi connectivity index (χ3v) is 3.66. The first-order valence-electron chi connectivity index (χ1n) is 6.46. The van der Waals surface area contributed by atoms with Gasteiger partial charge in [0.15, 0.2) is 0 Å². The molecule has 1 aliphatic rings. The molecule has 1 aromatic heterocycles. The normalized spacial score (nSPS) is 21.9. The molecule has 0 bridgehead atoms. The second-order valence-corrected chi connectivity index (χ2v) is 4.89. The first-order chi connectivity index (χ1) is 8.18. The highest BCUT2D eigenvalue weighted by atomic mass is 16.5. The Balaban J connectivity index is 1.76. The molecule has 4 heteroatoms. The van der Waals surface area contributed by atoms with Crippen LogP contribution in [0.25, 0.3) is 0 Å². The van der Waals surface area contributed by atoms with Gasteiger partial charge in [0.2, 0.25) is 0 Å². The van der Waals surface area contributed by atoms with Crippen molar-refractivity contribution in [3.8, 4) is 0 Å². The predicted octanol–water partition coefficient (Wildman–Crippen LogP) is 2.11. The molecule has 4 nitrogen and oxygen atoms in total. The third-order valence-electron chi connectivity index (χ3n) is 3.66. The summed E-state index contributed by atoms with van der Waals surface area (Å²) >= 11 is 0. The number of nitrogens with zero attached hydrogens (tertiary/aromatic N) is 2. The van der Waals surface area contributed by atoms with Crippen molar-refractivity contribution >= 4 is 0 Å². The highest BCUT2D eigenvalue weighted by Gasteiger charge is 2.17. The summed E-state index contributed by atoms with van der Waals surface area (Å²) in [5.41, 5.74) is 2.01. The lowest BCUT2D eigenvalue weighted by molar-refractivity contribution is 0.0944. The number of rotatable bonds is 5. The maximum absolute atomic E-state index is 10.1. The van der Waals surface area contributed by atoms with Crippen LogP contribution in [0.4, 0.5) is 0 Å². The maximum atomic E-state index is 10.1. The van der Waals surface area contributed by atoms with E-state index in [1.165, 1.54) is 12.8 Å². The van der Waals surface area contributed by atoms with Gasteiger partial charge in [-0.15, -0.1) is 0 Å². The molecule has 0 radical (unpaired) electrons. The summed E-state index contributed by atoms with van der Waals surface area (Å²) in [6, 6.07) is 0. The van der Waals surface area contributed by atoms with Gasteiger partial charge < -0.3 is 9.84 Å². The minimum absolute atomic E-state index is 0.384. The summed E-state index contributed by atoms with van der Waals surface area (Å²) in [4.78, 5) is 0. The van der Waals surface area contributed by atoms with E-state index in [2.05, 4.69) is 5.10 Å². The Morgan fingerprint density at radius 3 is 3.06 bits per heavy atom. The number of ether oxygens (including phenoxy) is 1. The number of aryl methyl sites for hydroxylation is 1. The molecule has 0 aromatic carbocycles. The van der Waals surface area contributed by atoms with Crippen molar-refractivity contribution in [3.63, 3.8) is 0 Å². The molecule has 1 saturated heterocycles. The number of hydrogen-bond acceptors (Lipinski definition) is 3. The SMILES string of the molecule is Cc1c(C(O)CCCC2CCCO2)cnn1C. The van der Waals surface area contributed by atoms with Crippen LogP contribution in [0.5, 0.6) is 0 Å². The lowest BCUT2D eigenvalue weighted by Gasteiger charge is -2.12. The van der Waals surface area contributed by atoms with Crippen LogP contribution in [0, 0.1) is 6.92 Å². The van der Waals surface area contributed by atoms with Gasteiger partial charge in [-0.25, -0.2) is 0 Å². The van der Waals surface area contributed by atoms with E-state index in [0.29, 0.717) is 6.10 Å². The number of aliphatic hydroxyl groups excluding tert-OH is 1. The fourth-order valence-corrected chi connectivity index (χ4v) is 2.41. The van der Waals surface area contributed by atoms with Crippen LogP contribution in [0.1, 0.15) is 49.5 Å². The highest BCUT2D eigenvalue weighted by molar-refractivity contribution is 5.18. The monoisotopic (exact) mass is 238 g/mol. The first-order valence-corrected chi connectivity index (χ1v) is 6.46. The van der Waals surface area contributed by atoms with E-state index in [0.717, 1.165) is 37.1 Å². The van der Waals surface area contributed by atoms with E-state index < -0.39 is 0 Å². The van der Waals surface area contributed by atoms with Crippen LogP contribution in [-0.2, 0) is 11.8 Å². The summed E-state index contributed by atoms with van der Waals surface area (Å²) in [6.07, 6.45) is 7.06. The zero-order valence-electron chi connectivity index (χ0n) is 10.7. The Kier molecular flexibility index (Phi) is 4.18. The summed E-state index contributed by atoms with van der Waals surface area (Å²) in [5.74, 6) is 0. The molecule has 17 heavy (non-hydrogen) atoms. The number of aliphatic hydroxyl groups is 1. The third kappa shape index (κ3) is 3.07. The van der Waals surface area contributed by atoms with Gasteiger partial charge >= 0.3 is 0 Å². The summed E-state index contributed by atoms with van der Waals surface area (Å²) < 4.78 is 7.37. The first kappa shape index (κ1) is 12.6. The van der Waals surface area contributed by atoms with Gasteiger partial charge in [0, 0.05) is 24.9 Å². The van der Waals surface area contributed by atoms with Gasteiger partial charge in [0.05, 0.1) is 18.4 Å². The quantitative estimate of drug-likeness (QED) is 0.854. The van der Waals surface area contributed by atoms with Crippen molar-refractivity contribution in [3.05, 3.63) is 17.5 Å². The molecule has 2 unspecified atom stereocenters. The largest absolute Gasteiger partial charge is 0.388 e. The minimum Gasteiger partial charge on any atom is -0.388 e. The molecular formula is C13H22N2O2. The van der Waals surface area contributed by atoms with Crippen molar-refractivity contribution < 1.29 is 9.84 Å². The Morgan fingerprint density at radius 1 is 1.65 bits per heavy atom. The predicted molar refractivity (Wildman–Crippen MR) is 65.7 cm³/mol. The molecule has 0 aliphatic carbocycles. The van der Waals surface area contributed by atoms with E-state index in [-0.39, 0.29) is 6.10 Å². The molecule has 1 fully saturated rings. The van der Waals surface area contributed by atoms with Gasteiger partial charge in [0.1, 0.15) is 0 Å². The van der Waals surface area contributed by atoms with Crippen LogP contribution < -0.4 is 0 Å². The number of aromatic nitrogens is 2. The van der Waals surface area contributed by atoms with E-state index in [4.69, 9.17) is 4.74 Å². The summed E-state index contributed by atoms with van der Waals surface area (Å²) in [7, 11) is 1.90. The van der Waals surface area contributed by atoms with Gasteiger partial charge in [0.25, 0.3) is 0 Å². The lowest BCUT2D eigenvalue weighted by atomic mass is 10.0. The molecule has 2 heterocycles. The molecule has 1 aromatic rings. The molecular weight excluding hydrogens is 216 g/mol. The Hall–Kier alpha value is -0.870. The van der Waals surface area contributed by atoms with Gasteiger partial charge in [-0.1, -0.05) is 0 Å². The van der Waals surface area contributed by atoms with Crippen LogP contribution in [0.2, 0.25) is 0 Å². The number of hydrogen-bond donors (Lipinski definition) is 1.